The van der Waals surface area contributed by atoms with E-state index in [1.54, 1.807) is 0 Å². The summed E-state index contributed by atoms with van der Waals surface area (Å²) in [5.74, 6) is 0. The summed E-state index contributed by atoms with van der Waals surface area (Å²) in [6, 6.07) is 1.93. The minimum absolute atomic E-state index is 0.542. The number of nitriles is 1. The Hall–Kier alpha value is -0.840. The molecule has 0 atom stereocenters. The molecule has 1 aliphatic carbocycles. The lowest BCUT2D eigenvalue weighted by Gasteiger charge is -1.81. The van der Waals surface area contributed by atoms with Gasteiger partial charge in [-0.1, -0.05) is 13.8 Å². The Kier molecular flexibility index (Phi) is 2.94. The molecule has 0 aromatic rings. The molecule has 0 N–H and O–H groups in total. The Bertz CT molecular complexity index is 130. The highest BCUT2D eigenvalue weighted by Gasteiger charge is 2.42. The fourth-order valence-corrected chi connectivity index (χ4v) is 0.391. The molecule has 1 fully saturated rings. The summed E-state index contributed by atoms with van der Waals surface area (Å²) in [6.07, 6.45) is 2.28. The van der Waals surface area contributed by atoms with E-state index in [1.165, 1.54) is 0 Å². The maximum Gasteiger partial charge on any atom is 0.140 e. The number of aldehydes is 1. The molecule has 0 amide bonds. The first-order valence-electron chi connectivity index (χ1n) is 3.21. The topological polar surface area (TPSA) is 40.9 Å². The molecule has 1 aliphatic rings. The molecule has 1 saturated carbocycles. The van der Waals surface area contributed by atoms with Crippen molar-refractivity contribution >= 4 is 6.29 Å². The third-order valence-electron chi connectivity index (χ3n) is 1.24. The zero-order valence-electron chi connectivity index (χ0n) is 5.85. The molecule has 9 heavy (non-hydrogen) atoms. The average molecular weight is 125 g/mol. The Morgan fingerprint density at radius 1 is 1.56 bits per heavy atom. The summed E-state index contributed by atoms with van der Waals surface area (Å²) >= 11 is 0. The van der Waals surface area contributed by atoms with Crippen molar-refractivity contribution < 1.29 is 4.79 Å². The van der Waals surface area contributed by atoms with Gasteiger partial charge in [0.2, 0.25) is 0 Å². The predicted octanol–water partition coefficient (Wildman–Crippen LogP) is 1.52. The van der Waals surface area contributed by atoms with E-state index in [0.29, 0.717) is 0 Å². The summed E-state index contributed by atoms with van der Waals surface area (Å²) in [7, 11) is 0. The summed E-state index contributed by atoms with van der Waals surface area (Å²) in [6.45, 7) is 4.00. The van der Waals surface area contributed by atoms with Crippen molar-refractivity contribution in [2.75, 3.05) is 0 Å². The van der Waals surface area contributed by atoms with Crippen molar-refractivity contribution in [3.63, 3.8) is 0 Å². The van der Waals surface area contributed by atoms with E-state index in [0.717, 1.165) is 19.1 Å². The number of hydrogen-bond donors (Lipinski definition) is 0. The van der Waals surface area contributed by atoms with E-state index >= 15 is 0 Å². The van der Waals surface area contributed by atoms with Gasteiger partial charge in [0, 0.05) is 0 Å². The first-order valence-corrected chi connectivity index (χ1v) is 3.21. The van der Waals surface area contributed by atoms with Crippen LogP contribution in [0.3, 0.4) is 0 Å². The number of carbonyl (C=O) groups is 1. The van der Waals surface area contributed by atoms with Crippen LogP contribution in [0.15, 0.2) is 0 Å². The van der Waals surface area contributed by atoms with E-state index in [-0.39, 0.29) is 0 Å². The molecular formula is C7H11NO. The van der Waals surface area contributed by atoms with Gasteiger partial charge < -0.3 is 4.79 Å². The number of hydrogen-bond acceptors (Lipinski definition) is 2. The van der Waals surface area contributed by atoms with Crippen molar-refractivity contribution in [3.8, 4) is 6.07 Å². The van der Waals surface area contributed by atoms with Gasteiger partial charge in [-0.05, 0) is 12.8 Å². The third-order valence-corrected chi connectivity index (χ3v) is 1.24. The average Bonchev–Trinajstić information content (AvgIpc) is 2.72. The molecule has 2 nitrogen and oxygen atoms in total. The Balaban J connectivity index is 0.000000291. The highest BCUT2D eigenvalue weighted by atomic mass is 16.1. The van der Waals surface area contributed by atoms with Crippen LogP contribution in [0, 0.1) is 16.7 Å². The molecule has 0 heterocycles. The maximum absolute atomic E-state index is 9.90. The monoisotopic (exact) mass is 125 g/mol. The van der Waals surface area contributed by atoms with E-state index in [9.17, 15) is 4.79 Å². The quantitative estimate of drug-likeness (QED) is 0.498. The van der Waals surface area contributed by atoms with Crippen molar-refractivity contribution in [2.24, 2.45) is 5.41 Å². The largest absolute Gasteiger partial charge is 0.302 e. The van der Waals surface area contributed by atoms with Gasteiger partial charge in [0.05, 0.1) is 6.07 Å². The van der Waals surface area contributed by atoms with Crippen molar-refractivity contribution in [2.45, 2.75) is 26.7 Å². The van der Waals surface area contributed by atoms with E-state index in [1.807, 2.05) is 19.9 Å². The van der Waals surface area contributed by atoms with Crippen LogP contribution in [0.5, 0.6) is 0 Å². The van der Waals surface area contributed by atoms with E-state index < -0.39 is 5.41 Å². The van der Waals surface area contributed by atoms with E-state index in [4.69, 9.17) is 5.26 Å². The maximum atomic E-state index is 9.90. The molecule has 50 valence electrons. The highest BCUT2D eigenvalue weighted by Crippen LogP contribution is 2.42. The Labute approximate surface area is 55.5 Å². The molecule has 0 aromatic carbocycles. The van der Waals surface area contributed by atoms with Crippen LogP contribution in [0.4, 0.5) is 0 Å². The number of rotatable bonds is 1. The SMILES string of the molecule is CC.N#CC1(C=O)CC1. The zero-order valence-corrected chi connectivity index (χ0v) is 5.85. The fourth-order valence-electron chi connectivity index (χ4n) is 0.391. The molecule has 0 unspecified atom stereocenters. The van der Waals surface area contributed by atoms with Crippen LogP contribution in [0.1, 0.15) is 26.7 Å². The van der Waals surface area contributed by atoms with Gasteiger partial charge in [-0.2, -0.15) is 5.26 Å². The smallest absolute Gasteiger partial charge is 0.140 e. The minimum Gasteiger partial charge on any atom is -0.302 e. The summed E-state index contributed by atoms with van der Waals surface area (Å²) in [5, 5.41) is 8.18. The lowest BCUT2D eigenvalue weighted by atomic mass is 10.2. The lowest BCUT2D eigenvalue weighted by Crippen LogP contribution is -1.94. The van der Waals surface area contributed by atoms with E-state index in [2.05, 4.69) is 0 Å². The van der Waals surface area contributed by atoms with Crippen molar-refractivity contribution in [1.82, 2.24) is 0 Å². The summed E-state index contributed by atoms with van der Waals surface area (Å²) in [4.78, 5) is 9.90. The van der Waals surface area contributed by atoms with Gasteiger partial charge in [-0.3, -0.25) is 0 Å². The highest BCUT2D eigenvalue weighted by molar-refractivity contribution is 5.67. The lowest BCUT2D eigenvalue weighted by molar-refractivity contribution is -0.110. The first-order chi connectivity index (χ1) is 4.33. The van der Waals surface area contributed by atoms with Gasteiger partial charge in [0.25, 0.3) is 0 Å². The van der Waals surface area contributed by atoms with Gasteiger partial charge in [-0.25, -0.2) is 0 Å². The molecule has 2 heteroatoms. The molecular weight excluding hydrogens is 114 g/mol. The second-order valence-electron chi connectivity index (χ2n) is 1.89. The van der Waals surface area contributed by atoms with Crippen LogP contribution >= 0.6 is 0 Å². The van der Waals surface area contributed by atoms with Crippen molar-refractivity contribution in [3.05, 3.63) is 0 Å². The second-order valence-corrected chi connectivity index (χ2v) is 1.89. The molecule has 0 spiro atoms. The summed E-state index contributed by atoms with van der Waals surface area (Å²) < 4.78 is 0. The van der Waals surface area contributed by atoms with Gasteiger partial charge in [0.15, 0.2) is 0 Å². The molecule has 0 aliphatic heterocycles. The van der Waals surface area contributed by atoms with Gasteiger partial charge in [0.1, 0.15) is 11.7 Å². The normalized spacial score (nSPS) is 18.3. The van der Waals surface area contributed by atoms with Gasteiger partial charge >= 0.3 is 0 Å². The predicted molar refractivity (Wildman–Crippen MR) is 34.7 cm³/mol. The minimum atomic E-state index is -0.542. The molecule has 0 radical (unpaired) electrons. The standard InChI is InChI=1S/C5H5NO.C2H6/c6-3-5(4-7)1-2-5;1-2/h4H,1-2H2;1-2H3. The molecule has 0 bridgehead atoms. The number of carbonyl (C=O) groups excluding carboxylic acids is 1. The van der Waals surface area contributed by atoms with Crippen LogP contribution in [0.2, 0.25) is 0 Å². The van der Waals surface area contributed by atoms with Gasteiger partial charge in [-0.15, -0.1) is 0 Å². The molecule has 0 saturated heterocycles. The summed E-state index contributed by atoms with van der Waals surface area (Å²) in [5.41, 5.74) is -0.542. The van der Waals surface area contributed by atoms with Crippen LogP contribution in [-0.2, 0) is 4.79 Å². The Morgan fingerprint density at radius 2 is 2.00 bits per heavy atom. The molecule has 0 aromatic heterocycles. The second kappa shape index (κ2) is 3.24. The van der Waals surface area contributed by atoms with Crippen molar-refractivity contribution in [1.29, 1.82) is 5.26 Å². The zero-order chi connectivity index (χ0) is 7.33. The first kappa shape index (κ1) is 8.16. The van der Waals surface area contributed by atoms with Crippen LogP contribution in [0.25, 0.3) is 0 Å². The fraction of sp³-hybridized carbons (Fsp3) is 0.714. The third kappa shape index (κ3) is 1.85. The van der Waals surface area contributed by atoms with Crippen LogP contribution < -0.4 is 0 Å². The van der Waals surface area contributed by atoms with Crippen LogP contribution in [-0.4, -0.2) is 6.29 Å². The number of nitrogens with zero attached hydrogens (tertiary/aromatic N) is 1. The Morgan fingerprint density at radius 3 is 2.00 bits per heavy atom. The molecule has 1 rings (SSSR count).